The number of carbonyl (C=O) groups excluding carboxylic acids is 1. The van der Waals surface area contributed by atoms with Crippen molar-refractivity contribution in [2.24, 2.45) is 0 Å². The number of nitrogens with one attached hydrogen (secondary N) is 1. The largest absolute Gasteiger partial charge is 0.491 e. The van der Waals surface area contributed by atoms with E-state index in [4.69, 9.17) is 33.2 Å². The predicted molar refractivity (Wildman–Crippen MR) is 153 cm³/mol. The topological polar surface area (TPSA) is 137 Å². The summed E-state index contributed by atoms with van der Waals surface area (Å²) in [6.45, 7) is 7.74. The molecule has 0 amide bonds. The van der Waals surface area contributed by atoms with Crippen molar-refractivity contribution in [2.45, 2.75) is 19.8 Å². The molecule has 0 fully saturated rings. The summed E-state index contributed by atoms with van der Waals surface area (Å²) >= 11 is 0. The highest BCUT2D eigenvalue weighted by molar-refractivity contribution is 5.89. The molecule has 0 atom stereocenters. The first-order chi connectivity index (χ1) is 20.1. The lowest BCUT2D eigenvalue weighted by molar-refractivity contribution is -0.384. The minimum absolute atomic E-state index is 0.0223. The number of hydrogen-bond donors (Lipinski definition) is 1. The third kappa shape index (κ3) is 16.5. The molecule has 0 aliphatic rings. The maximum absolute atomic E-state index is 12.1. The number of rotatable bonds is 25. The first-order valence-corrected chi connectivity index (χ1v) is 13.9. The van der Waals surface area contributed by atoms with Crippen LogP contribution in [0.3, 0.4) is 0 Å². The van der Waals surface area contributed by atoms with Crippen molar-refractivity contribution in [1.29, 1.82) is 0 Å². The lowest BCUT2D eigenvalue weighted by Gasteiger charge is -2.09. The summed E-state index contributed by atoms with van der Waals surface area (Å²) in [6, 6.07) is 13.1. The molecule has 0 radical (unpaired) electrons. The second-order valence-electron chi connectivity index (χ2n) is 8.65. The zero-order valence-electron chi connectivity index (χ0n) is 23.8. The molecule has 228 valence electrons. The summed E-state index contributed by atoms with van der Waals surface area (Å²) in [5, 5.41) is 13.9. The van der Waals surface area contributed by atoms with E-state index < -0.39 is 4.92 Å². The minimum Gasteiger partial charge on any atom is -0.491 e. The fourth-order valence-electron chi connectivity index (χ4n) is 3.27. The van der Waals surface area contributed by atoms with Crippen LogP contribution in [0.4, 0.5) is 11.4 Å². The minimum atomic E-state index is -0.455. The van der Waals surface area contributed by atoms with Crippen molar-refractivity contribution in [3.63, 3.8) is 0 Å². The highest BCUT2D eigenvalue weighted by Gasteiger charge is 2.07. The highest BCUT2D eigenvalue weighted by Crippen LogP contribution is 2.17. The van der Waals surface area contributed by atoms with Gasteiger partial charge in [0.1, 0.15) is 19.0 Å². The summed E-state index contributed by atoms with van der Waals surface area (Å²) in [5.74, 6) is 0.181. The number of hydrogen-bond acceptors (Lipinski definition) is 11. The molecule has 0 heterocycles. The number of nitro groups is 1. The van der Waals surface area contributed by atoms with E-state index in [-0.39, 0.29) is 18.3 Å². The molecule has 0 bridgehead atoms. The molecule has 0 saturated heterocycles. The zero-order valence-corrected chi connectivity index (χ0v) is 23.8. The zero-order chi connectivity index (χ0) is 29.4. The Morgan fingerprint density at radius 3 is 1.68 bits per heavy atom. The molecule has 0 spiro atoms. The van der Waals surface area contributed by atoms with Crippen molar-refractivity contribution < 1.29 is 42.9 Å². The molecule has 1 N–H and O–H groups in total. The number of nitro benzene ring substituents is 1. The smallest absolute Gasteiger partial charge is 0.338 e. The molecule has 12 nitrogen and oxygen atoms in total. The predicted octanol–water partition coefficient (Wildman–Crippen LogP) is 4.13. The van der Waals surface area contributed by atoms with E-state index in [0.29, 0.717) is 84.0 Å². The van der Waals surface area contributed by atoms with Crippen LogP contribution >= 0.6 is 0 Å². The van der Waals surface area contributed by atoms with Gasteiger partial charge in [0.15, 0.2) is 0 Å². The SMILES string of the molecule is CCCCNc1ccc(C(=O)OCCOCCOCCOCCOCCOCCOc2ccc([N+](=O)[O-])cc2)cc1. The number of esters is 1. The van der Waals surface area contributed by atoms with Crippen LogP contribution < -0.4 is 10.1 Å². The van der Waals surface area contributed by atoms with E-state index in [1.165, 1.54) is 12.1 Å². The van der Waals surface area contributed by atoms with Crippen molar-refractivity contribution in [1.82, 2.24) is 0 Å². The maximum Gasteiger partial charge on any atom is 0.338 e. The number of nitrogens with zero attached hydrogens (tertiary/aromatic N) is 1. The van der Waals surface area contributed by atoms with Gasteiger partial charge in [-0.05, 0) is 42.8 Å². The van der Waals surface area contributed by atoms with Crippen LogP contribution in [-0.4, -0.2) is 96.7 Å². The van der Waals surface area contributed by atoms with Crippen LogP contribution in [0.25, 0.3) is 0 Å². The van der Waals surface area contributed by atoms with Crippen molar-refractivity contribution >= 4 is 17.3 Å². The quantitative estimate of drug-likeness (QED) is 0.0788. The number of anilines is 1. The Labute approximate surface area is 241 Å². The fraction of sp³-hybridized carbons (Fsp3) is 0.552. The van der Waals surface area contributed by atoms with Gasteiger partial charge in [-0.2, -0.15) is 0 Å². The van der Waals surface area contributed by atoms with Crippen LogP contribution in [0.1, 0.15) is 30.1 Å². The van der Waals surface area contributed by atoms with E-state index in [1.54, 1.807) is 24.3 Å². The van der Waals surface area contributed by atoms with Gasteiger partial charge in [0.25, 0.3) is 5.69 Å². The second kappa shape index (κ2) is 22.4. The molecule has 0 aliphatic carbocycles. The average Bonchev–Trinajstić information content (AvgIpc) is 2.99. The van der Waals surface area contributed by atoms with Crippen molar-refractivity contribution in [3.05, 3.63) is 64.2 Å². The second-order valence-corrected chi connectivity index (χ2v) is 8.65. The van der Waals surface area contributed by atoms with Gasteiger partial charge in [0.2, 0.25) is 0 Å². The number of unbranched alkanes of at least 4 members (excludes halogenated alkanes) is 1. The van der Waals surface area contributed by atoms with Crippen molar-refractivity contribution in [2.75, 3.05) is 91.1 Å². The summed E-state index contributed by atoms with van der Waals surface area (Å²) in [5.41, 5.74) is 1.52. The van der Waals surface area contributed by atoms with Crippen LogP contribution in [0.5, 0.6) is 5.75 Å². The number of non-ortho nitro benzene ring substituents is 1. The van der Waals surface area contributed by atoms with Gasteiger partial charge >= 0.3 is 5.97 Å². The van der Waals surface area contributed by atoms with E-state index in [2.05, 4.69) is 12.2 Å². The Morgan fingerprint density at radius 2 is 1.20 bits per heavy atom. The average molecular weight is 579 g/mol. The molecule has 2 aromatic rings. The Kier molecular flexibility index (Phi) is 18.5. The maximum atomic E-state index is 12.1. The van der Waals surface area contributed by atoms with Crippen LogP contribution in [0, 0.1) is 10.1 Å². The van der Waals surface area contributed by atoms with Gasteiger partial charge in [-0.25, -0.2) is 4.79 Å². The summed E-state index contributed by atoms with van der Waals surface area (Å²) in [4.78, 5) is 22.3. The van der Waals surface area contributed by atoms with E-state index in [1.807, 2.05) is 12.1 Å². The molecular weight excluding hydrogens is 536 g/mol. The highest BCUT2D eigenvalue weighted by atomic mass is 16.6. The molecule has 2 rings (SSSR count). The van der Waals surface area contributed by atoms with Gasteiger partial charge in [0, 0.05) is 24.4 Å². The van der Waals surface area contributed by atoms with Crippen LogP contribution in [0.2, 0.25) is 0 Å². The number of ether oxygens (including phenoxy) is 7. The third-order valence-electron chi connectivity index (χ3n) is 5.47. The van der Waals surface area contributed by atoms with Gasteiger partial charge in [0.05, 0.1) is 76.6 Å². The van der Waals surface area contributed by atoms with Gasteiger partial charge in [-0.15, -0.1) is 0 Å². The molecular formula is C29H42N2O10. The van der Waals surface area contributed by atoms with Gasteiger partial charge in [-0.3, -0.25) is 10.1 Å². The van der Waals surface area contributed by atoms with E-state index in [9.17, 15) is 14.9 Å². The molecule has 0 unspecified atom stereocenters. The number of benzene rings is 2. The lowest BCUT2D eigenvalue weighted by atomic mass is 10.2. The van der Waals surface area contributed by atoms with Gasteiger partial charge in [-0.1, -0.05) is 13.3 Å². The first-order valence-electron chi connectivity index (χ1n) is 13.9. The van der Waals surface area contributed by atoms with Crippen molar-refractivity contribution in [3.8, 4) is 5.75 Å². The first kappa shape index (κ1) is 33.9. The van der Waals surface area contributed by atoms with E-state index in [0.717, 1.165) is 25.1 Å². The van der Waals surface area contributed by atoms with Gasteiger partial charge < -0.3 is 38.5 Å². The Morgan fingerprint density at radius 1 is 0.707 bits per heavy atom. The Hall–Kier alpha value is -3.29. The Bertz CT molecular complexity index is 957. The molecule has 0 aliphatic heterocycles. The van der Waals surface area contributed by atoms with E-state index >= 15 is 0 Å². The van der Waals surface area contributed by atoms with Crippen LogP contribution in [-0.2, 0) is 28.4 Å². The molecule has 41 heavy (non-hydrogen) atoms. The fourth-order valence-corrected chi connectivity index (χ4v) is 3.27. The molecule has 2 aromatic carbocycles. The molecule has 0 saturated carbocycles. The number of carbonyl (C=O) groups is 1. The van der Waals surface area contributed by atoms with Crippen LogP contribution in [0.15, 0.2) is 48.5 Å². The summed E-state index contributed by atoms with van der Waals surface area (Å²) in [7, 11) is 0. The third-order valence-corrected chi connectivity index (χ3v) is 5.47. The normalized spacial score (nSPS) is 10.9. The molecule has 0 aromatic heterocycles. The Balaban J connectivity index is 1.29. The molecule has 12 heteroatoms. The lowest BCUT2D eigenvalue weighted by Crippen LogP contribution is -2.15. The summed E-state index contributed by atoms with van der Waals surface area (Å²) in [6.07, 6.45) is 2.23. The summed E-state index contributed by atoms with van der Waals surface area (Å²) < 4.78 is 37.8. The standard InChI is InChI=1S/C29H42N2O10/c1-2-3-12-30-26-6-4-25(5-7-26)29(32)41-24-22-39-20-18-37-16-14-35-13-15-36-17-19-38-21-23-40-28-10-8-27(9-11-28)31(33)34/h4-11,30H,2-3,12-24H2,1H3. The monoisotopic (exact) mass is 578 g/mol.